The molecule has 3 N–H and O–H groups in total. The smallest absolute Gasteiger partial charge is 0.275 e. The highest BCUT2D eigenvalue weighted by molar-refractivity contribution is 5.73. The fourth-order valence-electron chi connectivity index (χ4n) is 2.71. The number of hydrogen-bond donors (Lipinski definition) is 2. The molecule has 9 nitrogen and oxygen atoms in total. The molecule has 1 fully saturated rings. The summed E-state index contributed by atoms with van der Waals surface area (Å²) in [7, 11) is 0. The molecule has 1 heterocycles. The van der Waals surface area contributed by atoms with Crippen molar-refractivity contribution in [3.8, 4) is 5.75 Å². The second-order valence-corrected chi connectivity index (χ2v) is 5.88. The molecule has 0 aromatic heterocycles. The maximum atomic E-state index is 11.1. The Morgan fingerprint density at radius 1 is 1.48 bits per heavy atom. The molecule has 9 heteroatoms. The molecule has 1 aromatic rings. The van der Waals surface area contributed by atoms with Crippen LogP contribution in [0.1, 0.15) is 31.4 Å². The highest BCUT2D eigenvalue weighted by atomic mass is 16.6. The molecule has 0 spiro atoms. The van der Waals surface area contributed by atoms with E-state index in [1.54, 1.807) is 0 Å². The fraction of sp³-hybridized carbons (Fsp3) is 0.562. The van der Waals surface area contributed by atoms with E-state index in [0.29, 0.717) is 38.5 Å². The normalized spacial score (nSPS) is 17.7. The summed E-state index contributed by atoms with van der Waals surface area (Å²) in [5.74, 6) is -0.0299. The van der Waals surface area contributed by atoms with Crippen LogP contribution in [-0.4, -0.2) is 53.4 Å². The van der Waals surface area contributed by atoms with Crippen LogP contribution in [0.4, 0.5) is 5.69 Å². The van der Waals surface area contributed by atoms with Gasteiger partial charge in [0.15, 0.2) is 6.23 Å². The van der Waals surface area contributed by atoms with E-state index in [-0.39, 0.29) is 17.7 Å². The van der Waals surface area contributed by atoms with Gasteiger partial charge < -0.3 is 20.3 Å². The molecule has 1 saturated heterocycles. The van der Waals surface area contributed by atoms with Crippen LogP contribution >= 0.6 is 0 Å². The van der Waals surface area contributed by atoms with E-state index < -0.39 is 23.2 Å². The average molecular weight is 353 g/mol. The zero-order valence-electron chi connectivity index (χ0n) is 14.1. The van der Waals surface area contributed by atoms with Crippen LogP contribution in [-0.2, 0) is 9.53 Å². The third-order valence-corrected chi connectivity index (χ3v) is 4.01. The molecule has 1 amide bonds. The number of morpholine rings is 1. The molecule has 1 aliphatic rings. The minimum atomic E-state index is -1.00. The molecule has 0 aliphatic carbocycles. The Bertz CT molecular complexity index is 616. The maximum absolute atomic E-state index is 11.1. The number of amides is 1. The van der Waals surface area contributed by atoms with Gasteiger partial charge in [0, 0.05) is 32.0 Å². The highest BCUT2D eigenvalue weighted by Gasteiger charge is 2.25. The SMILES string of the molecule is CC(O)c1cc(OC(CCC(N)=O)N2CCOCC2)ccc1[N+](=O)[O-]. The number of carbonyl (C=O) groups is 1. The number of carbonyl (C=O) groups excluding carboxylic acids is 1. The molecule has 2 unspecified atom stereocenters. The number of benzene rings is 1. The van der Waals surface area contributed by atoms with E-state index in [1.807, 2.05) is 4.90 Å². The fourth-order valence-corrected chi connectivity index (χ4v) is 2.71. The molecular weight excluding hydrogens is 330 g/mol. The first-order chi connectivity index (χ1) is 11.9. The number of aliphatic hydroxyl groups is 1. The standard InChI is InChI=1S/C16H23N3O6/c1-11(20)13-10-12(2-3-14(13)19(22)23)25-16(5-4-15(17)21)18-6-8-24-9-7-18/h2-3,10-11,16,20H,4-9H2,1H3,(H2,17,21). The van der Waals surface area contributed by atoms with Crippen LogP contribution in [0.5, 0.6) is 5.75 Å². The summed E-state index contributed by atoms with van der Waals surface area (Å²) in [6.07, 6.45) is -0.842. The zero-order valence-corrected chi connectivity index (χ0v) is 14.1. The third kappa shape index (κ3) is 5.38. The highest BCUT2D eigenvalue weighted by Crippen LogP contribution is 2.30. The summed E-state index contributed by atoms with van der Waals surface area (Å²) in [6.45, 7) is 3.89. The third-order valence-electron chi connectivity index (χ3n) is 4.01. The molecule has 2 rings (SSSR count). The lowest BCUT2D eigenvalue weighted by atomic mass is 10.1. The lowest BCUT2D eigenvalue weighted by molar-refractivity contribution is -0.386. The molecule has 0 bridgehead atoms. The van der Waals surface area contributed by atoms with Crippen LogP contribution in [0.3, 0.4) is 0 Å². The monoisotopic (exact) mass is 353 g/mol. The van der Waals surface area contributed by atoms with Crippen LogP contribution in [0.25, 0.3) is 0 Å². The number of nitro benzene ring substituents is 1. The van der Waals surface area contributed by atoms with E-state index in [4.69, 9.17) is 15.2 Å². The molecule has 1 aliphatic heterocycles. The van der Waals surface area contributed by atoms with Gasteiger partial charge in [-0.25, -0.2) is 0 Å². The average Bonchev–Trinajstić information content (AvgIpc) is 2.58. The number of aliphatic hydroxyl groups excluding tert-OH is 1. The predicted octanol–water partition coefficient (Wildman–Crippen LogP) is 0.951. The van der Waals surface area contributed by atoms with Crippen molar-refractivity contribution < 1.29 is 24.3 Å². The second-order valence-electron chi connectivity index (χ2n) is 5.88. The Morgan fingerprint density at radius 3 is 2.72 bits per heavy atom. The number of nitro groups is 1. The lowest BCUT2D eigenvalue weighted by Gasteiger charge is -2.34. The molecular formula is C16H23N3O6. The summed E-state index contributed by atoms with van der Waals surface area (Å²) in [5, 5.41) is 20.9. The van der Waals surface area contributed by atoms with Crippen molar-refractivity contribution in [1.82, 2.24) is 4.90 Å². The van der Waals surface area contributed by atoms with Crippen molar-refractivity contribution >= 4 is 11.6 Å². The van der Waals surface area contributed by atoms with Gasteiger partial charge in [0.1, 0.15) is 5.75 Å². The molecule has 2 atom stereocenters. The van der Waals surface area contributed by atoms with Crippen molar-refractivity contribution in [2.45, 2.75) is 32.1 Å². The van der Waals surface area contributed by atoms with Crippen molar-refractivity contribution in [3.63, 3.8) is 0 Å². The summed E-state index contributed by atoms with van der Waals surface area (Å²) in [5.41, 5.74) is 5.25. The first kappa shape index (κ1) is 19.1. The van der Waals surface area contributed by atoms with Crippen LogP contribution in [0.15, 0.2) is 18.2 Å². The first-order valence-electron chi connectivity index (χ1n) is 8.11. The van der Waals surface area contributed by atoms with Gasteiger partial charge in [0.05, 0.1) is 29.8 Å². The number of nitrogens with zero attached hydrogens (tertiary/aromatic N) is 2. The van der Waals surface area contributed by atoms with E-state index in [2.05, 4.69) is 0 Å². The topological polar surface area (TPSA) is 128 Å². The quantitative estimate of drug-likeness (QED) is 0.526. The number of nitrogens with two attached hydrogens (primary N) is 1. The maximum Gasteiger partial charge on any atom is 0.275 e. The lowest BCUT2D eigenvalue weighted by Crippen LogP contribution is -2.46. The van der Waals surface area contributed by atoms with Crippen molar-refractivity contribution in [1.29, 1.82) is 0 Å². The zero-order chi connectivity index (χ0) is 18.4. The largest absolute Gasteiger partial charge is 0.475 e. The summed E-state index contributed by atoms with van der Waals surface area (Å²) >= 11 is 0. The van der Waals surface area contributed by atoms with Crippen molar-refractivity contribution in [3.05, 3.63) is 33.9 Å². The Balaban J connectivity index is 2.20. The molecule has 1 aromatic carbocycles. The Kier molecular flexibility index (Phi) is 6.68. The Labute approximate surface area is 145 Å². The summed E-state index contributed by atoms with van der Waals surface area (Å²) in [4.78, 5) is 23.7. The molecule has 0 saturated carbocycles. The van der Waals surface area contributed by atoms with Gasteiger partial charge in [-0.3, -0.25) is 19.8 Å². The number of rotatable bonds is 8. The molecule has 138 valence electrons. The minimum absolute atomic E-state index is 0.164. The van der Waals surface area contributed by atoms with Gasteiger partial charge >= 0.3 is 0 Å². The van der Waals surface area contributed by atoms with E-state index in [0.717, 1.165) is 0 Å². The van der Waals surface area contributed by atoms with E-state index in [1.165, 1.54) is 25.1 Å². The van der Waals surface area contributed by atoms with Gasteiger partial charge in [-0.1, -0.05) is 0 Å². The molecule has 25 heavy (non-hydrogen) atoms. The van der Waals surface area contributed by atoms with Gasteiger partial charge in [-0.2, -0.15) is 0 Å². The van der Waals surface area contributed by atoms with Crippen LogP contribution in [0.2, 0.25) is 0 Å². The van der Waals surface area contributed by atoms with Crippen LogP contribution < -0.4 is 10.5 Å². The van der Waals surface area contributed by atoms with Gasteiger partial charge in [-0.15, -0.1) is 0 Å². The summed E-state index contributed by atoms with van der Waals surface area (Å²) in [6, 6.07) is 4.25. The van der Waals surface area contributed by atoms with Gasteiger partial charge in [-0.05, 0) is 19.1 Å². The van der Waals surface area contributed by atoms with Crippen molar-refractivity contribution in [2.24, 2.45) is 5.73 Å². The van der Waals surface area contributed by atoms with Gasteiger partial charge in [0.2, 0.25) is 5.91 Å². The Hall–Kier alpha value is -2.23. The van der Waals surface area contributed by atoms with Crippen LogP contribution in [0, 0.1) is 10.1 Å². The Morgan fingerprint density at radius 2 is 2.16 bits per heavy atom. The number of hydrogen-bond acceptors (Lipinski definition) is 7. The second kappa shape index (κ2) is 8.75. The predicted molar refractivity (Wildman–Crippen MR) is 89.0 cm³/mol. The minimum Gasteiger partial charge on any atom is -0.475 e. The summed E-state index contributed by atoms with van der Waals surface area (Å²) < 4.78 is 11.3. The van der Waals surface area contributed by atoms with E-state index in [9.17, 15) is 20.0 Å². The molecule has 0 radical (unpaired) electrons. The van der Waals surface area contributed by atoms with Gasteiger partial charge in [0.25, 0.3) is 5.69 Å². The van der Waals surface area contributed by atoms with E-state index >= 15 is 0 Å². The first-order valence-corrected chi connectivity index (χ1v) is 8.11. The van der Waals surface area contributed by atoms with Crippen molar-refractivity contribution in [2.75, 3.05) is 26.3 Å². The number of ether oxygens (including phenoxy) is 2. The number of primary amides is 1.